The maximum Gasteiger partial charge on any atom is 0.494 e. The third-order valence-corrected chi connectivity index (χ3v) is 5.95. The Morgan fingerprint density at radius 1 is 0.944 bits per heavy atom. The first-order valence-corrected chi connectivity index (χ1v) is 11.9. The van der Waals surface area contributed by atoms with Crippen molar-refractivity contribution < 1.29 is 28.4 Å². The van der Waals surface area contributed by atoms with E-state index in [1.807, 2.05) is 27.7 Å². The molecule has 1 N–H and O–H groups in total. The predicted molar refractivity (Wildman–Crippen MR) is 136 cm³/mol. The third-order valence-electron chi connectivity index (χ3n) is 5.95. The van der Waals surface area contributed by atoms with E-state index in [1.165, 1.54) is 0 Å². The highest BCUT2D eigenvalue weighted by molar-refractivity contribution is 6.62. The van der Waals surface area contributed by atoms with Crippen molar-refractivity contribution in [2.45, 2.75) is 98.2 Å². The van der Waals surface area contributed by atoms with Crippen molar-refractivity contribution in [2.24, 2.45) is 0 Å². The van der Waals surface area contributed by atoms with Crippen LogP contribution in [0, 0.1) is 0 Å². The Morgan fingerprint density at radius 2 is 1.44 bits per heavy atom. The number of nitrogens with zero attached hydrogens (tertiary/aromatic N) is 2. The van der Waals surface area contributed by atoms with E-state index in [0.717, 1.165) is 4.90 Å². The number of ether oxygens (including phenoxy) is 2. The summed E-state index contributed by atoms with van der Waals surface area (Å²) in [5, 5.41) is 7.38. The highest BCUT2D eigenvalue weighted by Crippen LogP contribution is 2.36. The molecule has 0 radical (unpaired) electrons. The van der Waals surface area contributed by atoms with Crippen molar-refractivity contribution in [3.8, 4) is 0 Å². The molecule has 1 saturated heterocycles. The van der Waals surface area contributed by atoms with Gasteiger partial charge < -0.3 is 18.8 Å². The molecule has 10 nitrogen and oxygen atoms in total. The van der Waals surface area contributed by atoms with E-state index in [0.29, 0.717) is 16.2 Å². The van der Waals surface area contributed by atoms with Gasteiger partial charge in [0.1, 0.15) is 11.2 Å². The van der Waals surface area contributed by atoms with Crippen molar-refractivity contribution >= 4 is 35.5 Å². The van der Waals surface area contributed by atoms with Crippen LogP contribution >= 0.6 is 0 Å². The first-order chi connectivity index (χ1) is 16.3. The smallest absolute Gasteiger partial charge is 0.443 e. The summed E-state index contributed by atoms with van der Waals surface area (Å²) in [6, 6.07) is 5.13. The summed E-state index contributed by atoms with van der Waals surface area (Å²) < 4.78 is 23.2. The SMILES string of the molecule is CC(C)(C)OC(=O)N(Cc1n[nH]c(=O)c2ccc(B3OC(C)(C)C(C)(C)O3)cc12)C(=O)OC(C)(C)C. The fourth-order valence-corrected chi connectivity index (χ4v) is 3.47. The summed E-state index contributed by atoms with van der Waals surface area (Å²) in [7, 11) is -0.667. The number of amides is 2. The van der Waals surface area contributed by atoms with Crippen molar-refractivity contribution in [2.75, 3.05) is 0 Å². The van der Waals surface area contributed by atoms with Crippen molar-refractivity contribution in [1.29, 1.82) is 0 Å². The number of hydrogen-bond donors (Lipinski definition) is 1. The fraction of sp³-hybridized carbons (Fsp3) is 0.600. The lowest BCUT2D eigenvalue weighted by molar-refractivity contribution is -0.000436. The first kappa shape index (κ1) is 27.7. The summed E-state index contributed by atoms with van der Waals surface area (Å²) in [4.78, 5) is 39.3. The summed E-state index contributed by atoms with van der Waals surface area (Å²) >= 11 is 0. The number of nitrogens with one attached hydrogen (secondary N) is 1. The fourth-order valence-electron chi connectivity index (χ4n) is 3.47. The summed E-state index contributed by atoms with van der Waals surface area (Å²) in [5.41, 5.74) is -2.24. The van der Waals surface area contributed by atoms with Gasteiger partial charge in [-0.3, -0.25) is 4.79 Å². The number of carbonyl (C=O) groups is 2. The van der Waals surface area contributed by atoms with Crippen LogP contribution in [0.5, 0.6) is 0 Å². The van der Waals surface area contributed by atoms with Gasteiger partial charge in [-0.1, -0.05) is 12.1 Å². The molecule has 2 aromatic rings. The van der Waals surface area contributed by atoms with E-state index in [9.17, 15) is 14.4 Å². The second kappa shape index (κ2) is 9.19. The van der Waals surface area contributed by atoms with E-state index >= 15 is 0 Å². The number of H-pyrrole nitrogens is 1. The Morgan fingerprint density at radius 3 is 1.92 bits per heavy atom. The average molecular weight is 501 g/mol. The average Bonchev–Trinajstić information content (AvgIpc) is 2.91. The molecule has 2 amide bonds. The lowest BCUT2D eigenvalue weighted by atomic mass is 9.78. The normalized spacial score (nSPS) is 17.2. The molecule has 1 aromatic carbocycles. The van der Waals surface area contributed by atoms with E-state index in [4.69, 9.17) is 18.8 Å². The topological polar surface area (TPSA) is 120 Å². The van der Waals surface area contributed by atoms with Crippen LogP contribution in [0.4, 0.5) is 9.59 Å². The number of aromatic amines is 1. The Hall–Kier alpha value is -2.92. The molecule has 0 unspecified atom stereocenters. The van der Waals surface area contributed by atoms with E-state index < -0.39 is 47.3 Å². The minimum absolute atomic E-state index is 0.277. The van der Waals surface area contributed by atoms with Gasteiger partial charge in [0.2, 0.25) is 0 Å². The van der Waals surface area contributed by atoms with Gasteiger partial charge in [0.25, 0.3) is 5.56 Å². The summed E-state index contributed by atoms with van der Waals surface area (Å²) in [5.74, 6) is 0. The zero-order chi connectivity index (χ0) is 27.3. The zero-order valence-electron chi connectivity index (χ0n) is 22.8. The molecule has 0 atom stereocenters. The van der Waals surface area contributed by atoms with Gasteiger partial charge in [0.15, 0.2) is 0 Å². The number of aromatic nitrogens is 2. The van der Waals surface area contributed by atoms with Gasteiger partial charge in [0, 0.05) is 5.39 Å². The molecule has 0 spiro atoms. The molecule has 1 fully saturated rings. The number of hydrogen-bond acceptors (Lipinski definition) is 8. The molecule has 3 rings (SSSR count). The molecule has 1 aliphatic heterocycles. The van der Waals surface area contributed by atoms with Gasteiger partial charge in [-0.2, -0.15) is 5.10 Å². The molecule has 196 valence electrons. The molecule has 1 aromatic heterocycles. The van der Waals surface area contributed by atoms with E-state index in [-0.39, 0.29) is 12.2 Å². The maximum absolute atomic E-state index is 13.0. The second-order valence-corrected chi connectivity index (χ2v) is 11.9. The van der Waals surface area contributed by atoms with Gasteiger partial charge in [-0.25, -0.2) is 19.6 Å². The Kier molecular flexibility index (Phi) is 7.06. The number of imide groups is 1. The van der Waals surface area contributed by atoms with Crippen LogP contribution in [0.2, 0.25) is 0 Å². The van der Waals surface area contributed by atoms with Crippen LogP contribution < -0.4 is 11.0 Å². The largest absolute Gasteiger partial charge is 0.494 e. The summed E-state index contributed by atoms with van der Waals surface area (Å²) in [6.07, 6.45) is -1.78. The maximum atomic E-state index is 13.0. The van der Waals surface area contributed by atoms with Gasteiger partial charge >= 0.3 is 19.3 Å². The van der Waals surface area contributed by atoms with Crippen molar-refractivity contribution in [3.05, 3.63) is 34.2 Å². The standard InChI is InChI=1S/C25H36BN3O7/c1-22(2,3)33-20(31)29(21(32)34-23(4,5)6)14-18-17-13-15(11-12-16(17)19(30)28-27-18)26-35-24(7,8)25(9,10)36-26/h11-13H,14H2,1-10H3,(H,28,30). The highest BCUT2D eigenvalue weighted by atomic mass is 16.7. The van der Waals surface area contributed by atoms with Gasteiger partial charge in [0.05, 0.1) is 28.8 Å². The zero-order valence-corrected chi connectivity index (χ0v) is 22.8. The number of rotatable bonds is 3. The Balaban J connectivity index is 2.04. The second-order valence-electron chi connectivity index (χ2n) is 11.9. The minimum Gasteiger partial charge on any atom is -0.443 e. The molecule has 2 heterocycles. The third kappa shape index (κ3) is 6.07. The van der Waals surface area contributed by atoms with Crippen LogP contribution in [0.15, 0.2) is 23.0 Å². The molecular weight excluding hydrogens is 465 g/mol. The molecule has 0 aliphatic carbocycles. The summed E-state index contributed by atoms with van der Waals surface area (Å²) in [6.45, 7) is 17.7. The predicted octanol–water partition coefficient (Wildman–Crippen LogP) is 3.89. The van der Waals surface area contributed by atoms with Crippen molar-refractivity contribution in [1.82, 2.24) is 15.1 Å². The molecule has 36 heavy (non-hydrogen) atoms. The molecule has 1 aliphatic rings. The molecule has 0 bridgehead atoms. The monoisotopic (exact) mass is 501 g/mol. The van der Waals surface area contributed by atoms with E-state index in [1.54, 1.807) is 59.7 Å². The lowest BCUT2D eigenvalue weighted by Crippen LogP contribution is -2.43. The molecular formula is C25H36BN3O7. The van der Waals surface area contributed by atoms with Gasteiger partial charge in [-0.05, 0) is 80.8 Å². The van der Waals surface area contributed by atoms with Crippen LogP contribution in [0.3, 0.4) is 0 Å². The lowest BCUT2D eigenvalue weighted by Gasteiger charge is -2.32. The van der Waals surface area contributed by atoms with Crippen LogP contribution in [-0.4, -0.2) is 56.8 Å². The van der Waals surface area contributed by atoms with Crippen LogP contribution in [0.1, 0.15) is 74.9 Å². The Bertz CT molecular complexity index is 1180. The Labute approximate surface area is 211 Å². The molecule has 11 heteroatoms. The number of fused-ring (bicyclic) bond motifs is 1. The number of benzene rings is 1. The quantitative estimate of drug-likeness (QED) is 0.629. The minimum atomic E-state index is -0.889. The highest BCUT2D eigenvalue weighted by Gasteiger charge is 2.51. The van der Waals surface area contributed by atoms with E-state index in [2.05, 4.69) is 10.2 Å². The first-order valence-electron chi connectivity index (χ1n) is 11.9. The van der Waals surface area contributed by atoms with Gasteiger partial charge in [-0.15, -0.1) is 0 Å². The van der Waals surface area contributed by atoms with Crippen LogP contribution in [-0.2, 0) is 25.3 Å². The van der Waals surface area contributed by atoms with Crippen LogP contribution in [0.25, 0.3) is 10.8 Å². The molecule has 0 saturated carbocycles. The number of carbonyl (C=O) groups excluding carboxylic acids is 2. The van der Waals surface area contributed by atoms with Crippen molar-refractivity contribution in [3.63, 3.8) is 0 Å².